The molecule has 0 aliphatic rings. The highest BCUT2D eigenvalue weighted by Crippen LogP contribution is 2.25. The van der Waals surface area contributed by atoms with E-state index in [1.54, 1.807) is 29.3 Å². The molecule has 1 aromatic carbocycles. The lowest BCUT2D eigenvalue weighted by atomic mass is 10.3. The molecule has 22 heavy (non-hydrogen) atoms. The van der Waals surface area contributed by atoms with E-state index in [1.165, 1.54) is 0 Å². The second kappa shape index (κ2) is 6.42. The minimum atomic E-state index is 0.497. The van der Waals surface area contributed by atoms with Crippen molar-refractivity contribution in [3.63, 3.8) is 0 Å². The molecular weight excluding hydrogens is 323 g/mol. The Hall–Kier alpha value is -1.98. The zero-order valence-electron chi connectivity index (χ0n) is 11.9. The summed E-state index contributed by atoms with van der Waals surface area (Å²) in [5, 5.41) is 5.45. The average molecular weight is 337 g/mol. The van der Waals surface area contributed by atoms with Gasteiger partial charge in [0.25, 0.3) is 0 Å². The molecule has 5 nitrogen and oxygen atoms in total. The molecule has 0 amide bonds. The number of aromatic nitrogens is 4. The summed E-state index contributed by atoms with van der Waals surface area (Å²) in [5.41, 5.74) is 1.80. The standard InChI is InChI=1S/C15H14Cl2N4O/c1-11-8-15(22-7-6-20-5-4-18-10-20)19-21(11)12-2-3-13(16)14(17)9-12/h2-5,8-10H,6-7H2,1H3. The summed E-state index contributed by atoms with van der Waals surface area (Å²) in [6.45, 7) is 3.20. The van der Waals surface area contributed by atoms with Gasteiger partial charge in [-0.25, -0.2) is 9.67 Å². The largest absolute Gasteiger partial charge is 0.475 e. The molecule has 0 atom stereocenters. The van der Waals surface area contributed by atoms with Crippen molar-refractivity contribution in [2.45, 2.75) is 13.5 Å². The van der Waals surface area contributed by atoms with Crippen molar-refractivity contribution in [2.24, 2.45) is 0 Å². The van der Waals surface area contributed by atoms with E-state index in [9.17, 15) is 0 Å². The van der Waals surface area contributed by atoms with Gasteiger partial charge < -0.3 is 9.30 Å². The van der Waals surface area contributed by atoms with Gasteiger partial charge in [-0.05, 0) is 25.1 Å². The van der Waals surface area contributed by atoms with Gasteiger partial charge in [0.2, 0.25) is 5.88 Å². The molecular formula is C15H14Cl2N4O. The van der Waals surface area contributed by atoms with E-state index in [0.717, 1.165) is 17.9 Å². The van der Waals surface area contributed by atoms with E-state index >= 15 is 0 Å². The van der Waals surface area contributed by atoms with Crippen LogP contribution in [0.5, 0.6) is 5.88 Å². The molecule has 3 rings (SSSR count). The number of benzene rings is 1. The monoisotopic (exact) mass is 336 g/mol. The van der Waals surface area contributed by atoms with Crippen LogP contribution >= 0.6 is 23.2 Å². The number of halogens is 2. The SMILES string of the molecule is Cc1cc(OCCn2ccnc2)nn1-c1ccc(Cl)c(Cl)c1. The van der Waals surface area contributed by atoms with E-state index in [2.05, 4.69) is 10.1 Å². The smallest absolute Gasteiger partial charge is 0.233 e. The van der Waals surface area contributed by atoms with Crippen LogP contribution in [0.25, 0.3) is 5.69 Å². The molecule has 0 aliphatic heterocycles. The first kappa shape index (κ1) is 14.9. The Bertz CT molecular complexity index is 768. The van der Waals surface area contributed by atoms with Gasteiger partial charge in [-0.2, -0.15) is 0 Å². The maximum atomic E-state index is 6.05. The van der Waals surface area contributed by atoms with Crippen LogP contribution in [0.15, 0.2) is 43.0 Å². The molecule has 0 fully saturated rings. The van der Waals surface area contributed by atoms with E-state index in [0.29, 0.717) is 22.5 Å². The second-order valence-electron chi connectivity index (χ2n) is 4.78. The zero-order chi connectivity index (χ0) is 15.5. The third kappa shape index (κ3) is 3.26. The lowest BCUT2D eigenvalue weighted by Crippen LogP contribution is -2.07. The van der Waals surface area contributed by atoms with E-state index in [-0.39, 0.29) is 0 Å². The number of imidazole rings is 1. The quantitative estimate of drug-likeness (QED) is 0.712. The van der Waals surface area contributed by atoms with Gasteiger partial charge in [0.05, 0.1) is 28.6 Å². The van der Waals surface area contributed by atoms with E-state index in [1.807, 2.05) is 29.8 Å². The van der Waals surface area contributed by atoms with Crippen LogP contribution in [0.3, 0.4) is 0 Å². The predicted molar refractivity (Wildman–Crippen MR) is 86.0 cm³/mol. The molecule has 0 radical (unpaired) electrons. The summed E-state index contributed by atoms with van der Waals surface area (Å²) in [4.78, 5) is 3.99. The Kier molecular flexibility index (Phi) is 4.36. The summed E-state index contributed by atoms with van der Waals surface area (Å²) in [6.07, 6.45) is 5.38. The van der Waals surface area contributed by atoms with Gasteiger partial charge in [0.15, 0.2) is 0 Å². The molecule has 7 heteroatoms. The molecule has 0 aliphatic carbocycles. The number of ether oxygens (including phenoxy) is 1. The van der Waals surface area contributed by atoms with Gasteiger partial charge >= 0.3 is 0 Å². The van der Waals surface area contributed by atoms with Gasteiger partial charge in [0, 0.05) is 24.2 Å². The highest BCUT2D eigenvalue weighted by molar-refractivity contribution is 6.42. The Morgan fingerprint density at radius 2 is 2.05 bits per heavy atom. The Balaban J connectivity index is 1.71. The molecule has 2 aromatic heterocycles. The van der Waals surface area contributed by atoms with Crippen LogP contribution in [0.2, 0.25) is 10.0 Å². The fourth-order valence-corrected chi connectivity index (χ4v) is 2.36. The maximum Gasteiger partial charge on any atom is 0.233 e. The summed E-state index contributed by atoms with van der Waals surface area (Å²) >= 11 is 12.0. The van der Waals surface area contributed by atoms with Crippen molar-refractivity contribution < 1.29 is 4.74 Å². The molecule has 3 aromatic rings. The van der Waals surface area contributed by atoms with Crippen LogP contribution in [0, 0.1) is 6.92 Å². The van der Waals surface area contributed by atoms with E-state index in [4.69, 9.17) is 27.9 Å². The number of rotatable bonds is 5. The van der Waals surface area contributed by atoms with Crippen LogP contribution in [-0.2, 0) is 6.54 Å². The third-order valence-corrected chi connectivity index (χ3v) is 3.91. The van der Waals surface area contributed by atoms with Gasteiger partial charge in [-0.1, -0.05) is 23.2 Å². The highest BCUT2D eigenvalue weighted by Gasteiger charge is 2.09. The van der Waals surface area contributed by atoms with Crippen molar-refractivity contribution >= 4 is 23.2 Å². The number of hydrogen-bond acceptors (Lipinski definition) is 3. The minimum Gasteiger partial charge on any atom is -0.475 e. The topological polar surface area (TPSA) is 44.9 Å². The fourth-order valence-electron chi connectivity index (χ4n) is 2.07. The number of nitrogens with zero attached hydrogens (tertiary/aromatic N) is 4. The Morgan fingerprint density at radius 3 is 2.77 bits per heavy atom. The molecule has 2 heterocycles. The number of aryl methyl sites for hydroxylation is 1. The maximum absolute atomic E-state index is 6.05. The third-order valence-electron chi connectivity index (χ3n) is 3.17. The van der Waals surface area contributed by atoms with Crippen LogP contribution < -0.4 is 4.74 Å². The highest BCUT2D eigenvalue weighted by atomic mass is 35.5. The van der Waals surface area contributed by atoms with Crippen LogP contribution in [0.1, 0.15) is 5.69 Å². The molecule has 0 saturated carbocycles. The summed E-state index contributed by atoms with van der Waals surface area (Å²) in [7, 11) is 0. The molecule has 114 valence electrons. The lowest BCUT2D eigenvalue weighted by molar-refractivity contribution is 0.285. The normalized spacial score (nSPS) is 10.9. The molecule has 0 N–H and O–H groups in total. The molecule has 0 bridgehead atoms. The Labute approximate surface area is 138 Å². The molecule has 0 spiro atoms. The van der Waals surface area contributed by atoms with Crippen molar-refractivity contribution in [1.29, 1.82) is 0 Å². The second-order valence-corrected chi connectivity index (χ2v) is 5.60. The van der Waals surface area contributed by atoms with Crippen molar-refractivity contribution in [3.8, 4) is 11.6 Å². The predicted octanol–water partition coefficient (Wildman–Crippen LogP) is 3.76. The first-order chi connectivity index (χ1) is 10.6. The molecule has 0 saturated heterocycles. The van der Waals surface area contributed by atoms with Crippen LogP contribution in [0.4, 0.5) is 0 Å². The summed E-state index contributed by atoms with van der Waals surface area (Å²) in [6, 6.07) is 7.28. The van der Waals surface area contributed by atoms with Gasteiger partial charge in [0.1, 0.15) is 6.61 Å². The Morgan fingerprint density at radius 1 is 1.18 bits per heavy atom. The first-order valence-corrected chi connectivity index (χ1v) is 7.50. The van der Waals surface area contributed by atoms with Crippen molar-refractivity contribution in [1.82, 2.24) is 19.3 Å². The summed E-state index contributed by atoms with van der Waals surface area (Å²) < 4.78 is 9.40. The van der Waals surface area contributed by atoms with Gasteiger partial charge in [-0.3, -0.25) is 0 Å². The number of hydrogen-bond donors (Lipinski definition) is 0. The lowest BCUT2D eigenvalue weighted by Gasteiger charge is -2.06. The minimum absolute atomic E-state index is 0.497. The van der Waals surface area contributed by atoms with Crippen molar-refractivity contribution in [3.05, 3.63) is 58.7 Å². The summed E-state index contributed by atoms with van der Waals surface area (Å²) in [5.74, 6) is 0.573. The van der Waals surface area contributed by atoms with Crippen LogP contribution in [-0.4, -0.2) is 25.9 Å². The fraction of sp³-hybridized carbons (Fsp3) is 0.200. The van der Waals surface area contributed by atoms with Gasteiger partial charge in [-0.15, -0.1) is 5.10 Å². The first-order valence-electron chi connectivity index (χ1n) is 6.74. The zero-order valence-corrected chi connectivity index (χ0v) is 13.4. The molecule has 0 unspecified atom stereocenters. The van der Waals surface area contributed by atoms with E-state index < -0.39 is 0 Å². The van der Waals surface area contributed by atoms with Crippen molar-refractivity contribution in [2.75, 3.05) is 6.61 Å². The average Bonchev–Trinajstić information content (AvgIpc) is 3.12.